The molecule has 1 aliphatic rings. The Kier molecular flexibility index (Phi) is 7.23. The number of hydrogen-bond donors (Lipinski definition) is 1. The van der Waals surface area contributed by atoms with Gasteiger partial charge in [0.05, 0.1) is 30.4 Å². The van der Waals surface area contributed by atoms with Gasteiger partial charge < -0.3 is 19.5 Å². The van der Waals surface area contributed by atoms with Crippen molar-refractivity contribution in [1.82, 2.24) is 4.90 Å². The van der Waals surface area contributed by atoms with Crippen molar-refractivity contribution in [3.05, 3.63) is 64.2 Å². The second-order valence-corrected chi connectivity index (χ2v) is 7.60. The van der Waals surface area contributed by atoms with E-state index in [9.17, 15) is 14.7 Å². The lowest BCUT2D eigenvalue weighted by molar-refractivity contribution is -0.139. The molecular formula is C24H26ClNO5. The van der Waals surface area contributed by atoms with Crippen molar-refractivity contribution in [2.75, 3.05) is 20.3 Å². The summed E-state index contributed by atoms with van der Waals surface area (Å²) in [5, 5.41) is 11.4. The standard InChI is InChI=1S/C24H26ClNO5/c1-4-6-13-26-21(15-7-9-16(30-3)10-8-15)20(23(28)24(26)29)22(27)18-14-17(31-5-2)11-12-19(18)25/h7-12,14,21,27H,4-6,13H2,1-3H3/b22-20+. The molecule has 1 amide bonds. The van der Waals surface area contributed by atoms with Gasteiger partial charge in [-0.2, -0.15) is 0 Å². The van der Waals surface area contributed by atoms with E-state index < -0.39 is 17.7 Å². The highest BCUT2D eigenvalue weighted by atomic mass is 35.5. The number of benzene rings is 2. The largest absolute Gasteiger partial charge is 0.507 e. The lowest BCUT2D eigenvalue weighted by atomic mass is 9.95. The van der Waals surface area contributed by atoms with Crippen LogP contribution >= 0.6 is 11.6 Å². The first-order valence-electron chi connectivity index (χ1n) is 10.3. The van der Waals surface area contributed by atoms with Gasteiger partial charge in [-0.15, -0.1) is 0 Å². The number of hydrogen-bond acceptors (Lipinski definition) is 5. The monoisotopic (exact) mass is 443 g/mol. The first kappa shape index (κ1) is 22.7. The molecule has 1 fully saturated rings. The predicted octanol–water partition coefficient (Wildman–Crippen LogP) is 4.97. The van der Waals surface area contributed by atoms with Crippen molar-refractivity contribution in [2.45, 2.75) is 32.7 Å². The average molecular weight is 444 g/mol. The highest BCUT2D eigenvalue weighted by molar-refractivity contribution is 6.47. The fraction of sp³-hybridized carbons (Fsp3) is 0.333. The number of carbonyl (C=O) groups excluding carboxylic acids is 2. The number of nitrogens with zero attached hydrogens (tertiary/aromatic N) is 1. The minimum absolute atomic E-state index is 0.0156. The summed E-state index contributed by atoms with van der Waals surface area (Å²) in [6, 6.07) is 11.2. The fourth-order valence-corrected chi connectivity index (χ4v) is 3.87. The van der Waals surface area contributed by atoms with Gasteiger partial charge in [0.25, 0.3) is 11.7 Å². The van der Waals surface area contributed by atoms with Crippen LogP contribution < -0.4 is 9.47 Å². The van der Waals surface area contributed by atoms with Gasteiger partial charge in [0, 0.05) is 12.1 Å². The van der Waals surface area contributed by atoms with Crippen LogP contribution in [0.2, 0.25) is 5.02 Å². The topological polar surface area (TPSA) is 76.1 Å². The molecular weight excluding hydrogens is 418 g/mol. The number of likely N-dealkylation sites (tertiary alicyclic amines) is 1. The summed E-state index contributed by atoms with van der Waals surface area (Å²) in [6.45, 7) is 4.70. The Morgan fingerprint density at radius 1 is 1.10 bits per heavy atom. The molecule has 3 rings (SSSR count). The number of methoxy groups -OCH3 is 1. The van der Waals surface area contributed by atoms with Crippen LogP contribution in [0.25, 0.3) is 5.76 Å². The summed E-state index contributed by atoms with van der Waals surface area (Å²) in [4.78, 5) is 27.4. The zero-order valence-corrected chi connectivity index (χ0v) is 18.6. The van der Waals surface area contributed by atoms with Gasteiger partial charge >= 0.3 is 0 Å². The van der Waals surface area contributed by atoms with Gasteiger partial charge in [0.15, 0.2) is 0 Å². The van der Waals surface area contributed by atoms with Gasteiger partial charge in [0.2, 0.25) is 0 Å². The van der Waals surface area contributed by atoms with Crippen LogP contribution in [0.15, 0.2) is 48.0 Å². The zero-order valence-electron chi connectivity index (χ0n) is 17.9. The van der Waals surface area contributed by atoms with Gasteiger partial charge in [-0.3, -0.25) is 9.59 Å². The number of rotatable bonds is 8. The van der Waals surface area contributed by atoms with Gasteiger partial charge in [-0.05, 0) is 49.2 Å². The first-order valence-corrected chi connectivity index (χ1v) is 10.7. The quantitative estimate of drug-likeness (QED) is 0.354. The molecule has 6 nitrogen and oxygen atoms in total. The third-order valence-electron chi connectivity index (χ3n) is 5.23. The van der Waals surface area contributed by atoms with Crippen LogP contribution in [0.5, 0.6) is 11.5 Å². The molecule has 1 unspecified atom stereocenters. The fourth-order valence-electron chi connectivity index (χ4n) is 3.66. The van der Waals surface area contributed by atoms with Gasteiger partial charge in [0.1, 0.15) is 17.3 Å². The van der Waals surface area contributed by atoms with E-state index in [4.69, 9.17) is 21.1 Å². The second-order valence-electron chi connectivity index (χ2n) is 7.19. The van der Waals surface area contributed by atoms with E-state index in [1.54, 1.807) is 49.6 Å². The predicted molar refractivity (Wildman–Crippen MR) is 120 cm³/mol. The maximum absolute atomic E-state index is 13.0. The SMILES string of the molecule is CCCCN1C(=O)C(=O)/C(=C(/O)c2cc(OCC)ccc2Cl)C1c1ccc(OC)cc1. The van der Waals surface area contributed by atoms with E-state index >= 15 is 0 Å². The highest BCUT2D eigenvalue weighted by Crippen LogP contribution is 2.41. The van der Waals surface area contributed by atoms with Crippen LogP contribution in [0.4, 0.5) is 0 Å². The Balaban J connectivity index is 2.17. The minimum Gasteiger partial charge on any atom is -0.507 e. The number of ether oxygens (including phenoxy) is 2. The number of aliphatic hydroxyl groups is 1. The van der Waals surface area contributed by atoms with E-state index in [2.05, 4.69) is 0 Å². The number of Topliss-reactive ketones (excluding diaryl/α,β-unsaturated/α-hetero) is 1. The molecule has 1 atom stereocenters. The molecule has 0 radical (unpaired) electrons. The van der Waals surface area contributed by atoms with Crippen molar-refractivity contribution in [1.29, 1.82) is 0 Å². The third kappa shape index (κ3) is 4.54. The third-order valence-corrected chi connectivity index (χ3v) is 5.56. The number of aliphatic hydroxyl groups excluding tert-OH is 1. The van der Waals surface area contributed by atoms with Crippen molar-refractivity contribution in [3.8, 4) is 11.5 Å². The summed E-state index contributed by atoms with van der Waals surface area (Å²) >= 11 is 6.33. The van der Waals surface area contributed by atoms with E-state index in [1.165, 1.54) is 4.90 Å². The molecule has 0 aromatic heterocycles. The van der Waals surface area contributed by atoms with E-state index in [0.29, 0.717) is 30.2 Å². The molecule has 1 N–H and O–H groups in total. The van der Waals surface area contributed by atoms with Crippen LogP contribution in [-0.4, -0.2) is 42.0 Å². The molecule has 0 aliphatic carbocycles. The molecule has 2 aromatic carbocycles. The maximum Gasteiger partial charge on any atom is 0.295 e. The first-order chi connectivity index (χ1) is 14.9. The van der Waals surface area contributed by atoms with Crippen molar-refractivity contribution < 1.29 is 24.2 Å². The summed E-state index contributed by atoms with van der Waals surface area (Å²) in [7, 11) is 1.57. The van der Waals surface area contributed by atoms with Crippen LogP contribution in [0.1, 0.15) is 43.9 Å². The lowest BCUT2D eigenvalue weighted by Crippen LogP contribution is -2.30. The Morgan fingerprint density at radius 3 is 2.39 bits per heavy atom. The average Bonchev–Trinajstić information content (AvgIpc) is 3.03. The minimum atomic E-state index is -0.729. The molecule has 31 heavy (non-hydrogen) atoms. The van der Waals surface area contributed by atoms with Crippen molar-refractivity contribution in [2.24, 2.45) is 0 Å². The molecule has 0 bridgehead atoms. The van der Waals surface area contributed by atoms with E-state index in [-0.39, 0.29) is 21.9 Å². The molecule has 1 aliphatic heterocycles. The number of amides is 1. The van der Waals surface area contributed by atoms with Crippen molar-refractivity contribution in [3.63, 3.8) is 0 Å². The number of halogens is 1. The molecule has 1 heterocycles. The van der Waals surface area contributed by atoms with E-state index in [0.717, 1.165) is 12.8 Å². The highest BCUT2D eigenvalue weighted by Gasteiger charge is 2.45. The molecule has 7 heteroatoms. The Morgan fingerprint density at radius 2 is 1.77 bits per heavy atom. The number of carbonyl (C=O) groups is 2. The van der Waals surface area contributed by atoms with Crippen LogP contribution in [0.3, 0.4) is 0 Å². The van der Waals surface area contributed by atoms with Crippen LogP contribution in [0, 0.1) is 0 Å². The Labute approximate surface area is 187 Å². The summed E-state index contributed by atoms with van der Waals surface area (Å²) in [6.07, 6.45) is 1.60. The Hall–Kier alpha value is -2.99. The maximum atomic E-state index is 13.0. The molecule has 164 valence electrons. The zero-order chi connectivity index (χ0) is 22.5. The van der Waals surface area contributed by atoms with Gasteiger partial charge in [-0.1, -0.05) is 37.1 Å². The normalized spacial score (nSPS) is 17.8. The molecule has 2 aromatic rings. The summed E-state index contributed by atoms with van der Waals surface area (Å²) in [5.74, 6) is -0.513. The van der Waals surface area contributed by atoms with Crippen molar-refractivity contribution >= 4 is 29.1 Å². The van der Waals surface area contributed by atoms with Gasteiger partial charge in [-0.25, -0.2) is 0 Å². The molecule has 0 saturated carbocycles. The smallest absolute Gasteiger partial charge is 0.295 e. The second kappa shape index (κ2) is 9.88. The Bertz CT molecular complexity index is 1000. The van der Waals surface area contributed by atoms with E-state index in [1.807, 2.05) is 13.8 Å². The van der Waals surface area contributed by atoms with Crippen LogP contribution in [-0.2, 0) is 9.59 Å². The summed E-state index contributed by atoms with van der Waals surface area (Å²) in [5.41, 5.74) is 0.969. The molecule has 1 saturated heterocycles. The summed E-state index contributed by atoms with van der Waals surface area (Å²) < 4.78 is 10.7. The number of ketones is 1. The number of unbranched alkanes of at least 4 members (excludes halogenated alkanes) is 1. The lowest BCUT2D eigenvalue weighted by Gasteiger charge is -2.25. The molecule has 0 spiro atoms.